The van der Waals surface area contributed by atoms with Gasteiger partial charge in [-0.2, -0.15) is 0 Å². The number of allylic oxidation sites excluding steroid dienone is 4. The van der Waals surface area contributed by atoms with Gasteiger partial charge in [-0.3, -0.25) is 4.79 Å². The van der Waals surface area contributed by atoms with Crippen molar-refractivity contribution in [1.82, 2.24) is 0 Å². The van der Waals surface area contributed by atoms with E-state index < -0.39 is 0 Å². The Labute approximate surface area is 316 Å². The summed E-state index contributed by atoms with van der Waals surface area (Å²) in [6.07, 6.45) is 18.5. The molecule has 0 spiro atoms. The zero-order chi connectivity index (χ0) is 33.7. The lowest BCUT2D eigenvalue weighted by Crippen LogP contribution is -2.58. The molecule has 14 saturated carbocycles. The molecule has 0 aliphatic heterocycles. The van der Waals surface area contributed by atoms with Crippen molar-refractivity contribution < 1.29 is 9.53 Å². The predicted molar refractivity (Wildman–Crippen MR) is 200 cm³/mol. The van der Waals surface area contributed by atoms with Gasteiger partial charge in [-0.25, -0.2) is 0 Å². The second-order valence-corrected chi connectivity index (χ2v) is 24.0. The van der Waals surface area contributed by atoms with Crippen molar-refractivity contribution in [3.63, 3.8) is 0 Å². The third kappa shape index (κ3) is 2.66. The monoisotopic (exact) mass is 702 g/mol. The summed E-state index contributed by atoms with van der Waals surface area (Å²) in [5, 5.41) is 0. The molecule has 16 aliphatic rings. The largest absolute Gasteiger partial charge is 0.469 e. The lowest BCUT2D eigenvalue weighted by Gasteiger charge is -2.61. The minimum atomic E-state index is 0.0166. The van der Waals surface area contributed by atoms with Crippen LogP contribution in [0.1, 0.15) is 76.2 Å². The first kappa shape index (κ1) is 28.5. The Morgan fingerprint density at radius 2 is 1.09 bits per heavy atom. The van der Waals surface area contributed by atoms with E-state index in [0.717, 1.165) is 166 Å². The van der Waals surface area contributed by atoms with Crippen LogP contribution >= 0.6 is 0 Å². The highest BCUT2D eigenvalue weighted by Gasteiger charge is 2.87. The molecule has 14 fully saturated rings. The molecule has 0 N–H and O–H groups in total. The van der Waals surface area contributed by atoms with Crippen molar-refractivity contribution in [1.29, 1.82) is 0 Å². The van der Waals surface area contributed by atoms with E-state index in [2.05, 4.69) is 36.4 Å². The van der Waals surface area contributed by atoms with Gasteiger partial charge in [-0.1, -0.05) is 47.6 Å². The maximum atomic E-state index is 13.0. The fourth-order valence-electron chi connectivity index (χ4n) is 25.6. The quantitative estimate of drug-likeness (QED) is 0.286. The zero-order valence-electron chi connectivity index (χ0n) is 31.6. The van der Waals surface area contributed by atoms with Gasteiger partial charge in [0.05, 0.1) is 7.11 Å². The smallest absolute Gasteiger partial charge is 0.305 e. The van der Waals surface area contributed by atoms with Gasteiger partial charge < -0.3 is 4.74 Å². The molecule has 0 radical (unpaired) electrons. The van der Waals surface area contributed by atoms with Crippen molar-refractivity contribution in [2.24, 2.45) is 160 Å². The summed E-state index contributed by atoms with van der Waals surface area (Å²) in [4.78, 5) is 13.0. The molecule has 2 heteroatoms. The molecule has 17 rings (SSSR count). The molecule has 2 nitrogen and oxygen atoms in total. The van der Waals surface area contributed by atoms with E-state index in [1.54, 1.807) is 51.2 Å². The van der Waals surface area contributed by atoms with Crippen LogP contribution in [0.4, 0.5) is 0 Å². The number of carbonyl (C=O) groups excluding carboxylic acids is 1. The summed E-state index contributed by atoms with van der Waals surface area (Å²) in [6, 6.07) is 12.4. The zero-order valence-corrected chi connectivity index (χ0v) is 31.6. The molecule has 1 aromatic rings. The van der Waals surface area contributed by atoms with Gasteiger partial charge in [0.2, 0.25) is 0 Å². The second-order valence-electron chi connectivity index (χ2n) is 24.0. The number of hydrogen-bond acceptors (Lipinski definition) is 2. The molecule has 2 bridgehead atoms. The van der Waals surface area contributed by atoms with Gasteiger partial charge in [0.1, 0.15) is 0 Å². The summed E-state index contributed by atoms with van der Waals surface area (Å²) in [6.45, 7) is 0. The molecule has 0 heterocycles. The molecule has 274 valence electrons. The molecular formula is C51H58O2. The summed E-state index contributed by atoms with van der Waals surface area (Å²) in [7, 11) is 1.62. The first-order chi connectivity index (χ1) is 26.2. The number of esters is 1. The van der Waals surface area contributed by atoms with Gasteiger partial charge in [0.25, 0.3) is 0 Å². The van der Waals surface area contributed by atoms with Crippen LogP contribution in [0.5, 0.6) is 0 Å². The minimum Gasteiger partial charge on any atom is -0.469 e. The lowest BCUT2D eigenvalue weighted by atomic mass is 9.43. The Bertz CT molecular complexity index is 2010. The molecule has 16 aliphatic carbocycles. The average molecular weight is 703 g/mol. The minimum absolute atomic E-state index is 0.0166. The molecule has 28 atom stereocenters. The Morgan fingerprint density at radius 3 is 1.74 bits per heavy atom. The van der Waals surface area contributed by atoms with Gasteiger partial charge in [0, 0.05) is 11.8 Å². The Kier molecular flexibility index (Phi) is 4.68. The van der Waals surface area contributed by atoms with E-state index >= 15 is 0 Å². The fourth-order valence-corrected chi connectivity index (χ4v) is 25.6. The van der Waals surface area contributed by atoms with Crippen molar-refractivity contribution in [2.45, 2.75) is 76.0 Å². The van der Waals surface area contributed by atoms with Crippen LogP contribution in [0.3, 0.4) is 0 Å². The molecule has 0 amide bonds. The van der Waals surface area contributed by atoms with Gasteiger partial charge >= 0.3 is 5.97 Å². The van der Waals surface area contributed by atoms with Gasteiger partial charge in [-0.15, -0.1) is 0 Å². The van der Waals surface area contributed by atoms with E-state index in [4.69, 9.17) is 4.74 Å². The highest BCUT2D eigenvalue weighted by molar-refractivity contribution is 5.69. The Morgan fingerprint density at radius 1 is 0.585 bits per heavy atom. The molecule has 0 saturated heterocycles. The topological polar surface area (TPSA) is 26.3 Å². The number of hydrogen-bond donors (Lipinski definition) is 0. The number of ether oxygens (including phenoxy) is 1. The first-order valence-corrected chi connectivity index (χ1v) is 23.7. The molecular weight excluding hydrogens is 645 g/mol. The fraction of sp³-hybridized carbons (Fsp3) is 0.784. The highest BCUT2D eigenvalue weighted by Crippen LogP contribution is 2.91. The van der Waals surface area contributed by atoms with Crippen LogP contribution in [0.25, 0.3) is 0 Å². The number of methoxy groups -OCH3 is 1. The van der Waals surface area contributed by atoms with Gasteiger partial charge in [-0.05, 0) is 235 Å². The SMILES string of the molecule is COC(=O)CCCC1(c2ccccc2)C2=C3C=C4CC5CC6CC7CC8CC9CC%10CC(C3)C2C2C%10C3C9C8C8C7C7C6C5C5C4C1C1C2C3C8C7C51. The third-order valence-electron chi connectivity index (χ3n) is 24.3. The van der Waals surface area contributed by atoms with Crippen molar-refractivity contribution >= 4 is 5.97 Å². The van der Waals surface area contributed by atoms with Crippen LogP contribution in [-0.4, -0.2) is 13.1 Å². The van der Waals surface area contributed by atoms with Crippen LogP contribution < -0.4 is 0 Å². The molecule has 53 heavy (non-hydrogen) atoms. The van der Waals surface area contributed by atoms with E-state index in [9.17, 15) is 4.79 Å². The normalized spacial score (nSPS) is 67.0. The number of rotatable bonds is 5. The summed E-state index contributed by atoms with van der Waals surface area (Å²) in [5.41, 5.74) is 7.72. The van der Waals surface area contributed by atoms with E-state index in [1.165, 1.54) is 19.3 Å². The van der Waals surface area contributed by atoms with Crippen LogP contribution in [0.2, 0.25) is 0 Å². The number of carbonyl (C=O) groups is 1. The Balaban J connectivity index is 1.01. The molecule has 1 aromatic carbocycles. The Hall–Kier alpha value is -1.83. The maximum absolute atomic E-state index is 13.0. The van der Waals surface area contributed by atoms with Crippen LogP contribution in [-0.2, 0) is 14.9 Å². The molecule has 0 aromatic heterocycles. The second kappa shape index (κ2) is 8.69. The maximum Gasteiger partial charge on any atom is 0.305 e. The van der Waals surface area contributed by atoms with Crippen LogP contribution in [0, 0.1) is 160 Å². The predicted octanol–water partition coefficient (Wildman–Crippen LogP) is 9.47. The lowest BCUT2D eigenvalue weighted by molar-refractivity contribution is -0.143. The van der Waals surface area contributed by atoms with E-state index in [0.29, 0.717) is 6.42 Å². The van der Waals surface area contributed by atoms with Crippen molar-refractivity contribution in [3.8, 4) is 0 Å². The number of benzene rings is 1. The highest BCUT2D eigenvalue weighted by atomic mass is 16.5. The summed E-state index contributed by atoms with van der Waals surface area (Å²) in [5.74, 6) is 28.0. The summed E-state index contributed by atoms with van der Waals surface area (Å²) < 4.78 is 5.39. The third-order valence-corrected chi connectivity index (χ3v) is 24.3. The van der Waals surface area contributed by atoms with Crippen molar-refractivity contribution in [2.75, 3.05) is 7.11 Å². The average Bonchev–Trinajstić information content (AvgIpc) is 3.99. The first-order valence-electron chi connectivity index (χ1n) is 23.7. The van der Waals surface area contributed by atoms with Crippen molar-refractivity contribution in [3.05, 3.63) is 58.7 Å². The van der Waals surface area contributed by atoms with Gasteiger partial charge in [0.15, 0.2) is 0 Å². The molecule has 28 unspecified atom stereocenters. The van der Waals surface area contributed by atoms with Crippen LogP contribution in [0.15, 0.2) is 53.1 Å². The van der Waals surface area contributed by atoms with E-state index in [1.807, 2.05) is 16.7 Å². The summed E-state index contributed by atoms with van der Waals surface area (Å²) >= 11 is 0. The van der Waals surface area contributed by atoms with E-state index in [-0.39, 0.29) is 11.4 Å². The standard InChI is InChI=1S/C51H58O2/c1-53-29(52)8-5-9-51(28-6-3-2-4-7-28)49-27-17-25-16-24-14-20-10-19-12-23-13-21-11-22-15-26(18-27)37-41-33(22)32(21)39-34(23)38-30(19)31(20)40-35(24)42(36(25)49)47-45(40)43(38)44(39)46(41)48(47)50(37)51/h2-4,6-7,18-25,30-48,50H,5,8-17H2,1H3.